The van der Waals surface area contributed by atoms with Gasteiger partial charge in [0.25, 0.3) is 0 Å². The molecule has 1 heterocycles. The number of aryl methyl sites for hydroxylation is 1. The summed E-state index contributed by atoms with van der Waals surface area (Å²) in [5.41, 5.74) is 6.43. The zero-order valence-electron chi connectivity index (χ0n) is 7.19. The molecule has 1 aromatic carbocycles. The number of fused-ring (bicyclic) bond motifs is 1. The van der Waals surface area contributed by atoms with Crippen LogP contribution in [0.2, 0.25) is 0 Å². The van der Waals surface area contributed by atoms with Crippen LogP contribution in [0.1, 0.15) is 5.56 Å². The van der Waals surface area contributed by atoms with E-state index in [4.69, 9.17) is 5.73 Å². The zero-order chi connectivity index (χ0) is 9.26. The van der Waals surface area contributed by atoms with Gasteiger partial charge in [0.1, 0.15) is 0 Å². The third-order valence-electron chi connectivity index (χ3n) is 1.80. The van der Waals surface area contributed by atoms with Crippen molar-refractivity contribution in [2.75, 3.05) is 0 Å². The monoisotopic (exact) mass is 191 g/mol. The molecule has 1 aromatic heterocycles. The Labute approximate surface area is 80.1 Å². The second kappa shape index (κ2) is 3.14. The van der Waals surface area contributed by atoms with Crippen LogP contribution in [0.3, 0.4) is 0 Å². The Kier molecular flexibility index (Phi) is 1.98. The molecule has 0 unspecified atom stereocenters. The molecule has 2 N–H and O–H groups in total. The van der Waals surface area contributed by atoms with Crippen LogP contribution in [-0.4, -0.2) is 10.7 Å². The van der Waals surface area contributed by atoms with Gasteiger partial charge in [0.15, 0.2) is 5.82 Å². The van der Waals surface area contributed by atoms with Crippen LogP contribution in [-0.2, 0) is 0 Å². The lowest BCUT2D eigenvalue weighted by Crippen LogP contribution is -1.86. The third kappa shape index (κ3) is 1.40. The van der Waals surface area contributed by atoms with E-state index in [-0.39, 0.29) is 0 Å². The molecule has 3 nitrogen and oxygen atoms in total. The van der Waals surface area contributed by atoms with E-state index in [9.17, 15) is 0 Å². The van der Waals surface area contributed by atoms with Crippen molar-refractivity contribution >= 4 is 33.8 Å². The number of hydrogen-bond donors (Lipinski definition) is 1. The first-order valence-electron chi connectivity index (χ1n) is 3.91. The van der Waals surface area contributed by atoms with E-state index in [0.717, 1.165) is 10.1 Å². The minimum Gasteiger partial charge on any atom is -0.390 e. The molecular formula is C9H9N3S. The number of nitrogens with two attached hydrogens (primary N) is 1. The highest BCUT2D eigenvalue weighted by molar-refractivity contribution is 7.13. The summed E-state index contributed by atoms with van der Waals surface area (Å²) in [7, 11) is 0. The predicted molar refractivity (Wildman–Crippen MR) is 56.7 cm³/mol. The van der Waals surface area contributed by atoms with E-state index in [1.54, 1.807) is 0 Å². The summed E-state index contributed by atoms with van der Waals surface area (Å²) < 4.78 is 5.33. The van der Waals surface area contributed by atoms with Gasteiger partial charge in [0.2, 0.25) is 0 Å². The molecule has 0 aliphatic rings. The van der Waals surface area contributed by atoms with E-state index in [1.807, 2.05) is 6.92 Å². The van der Waals surface area contributed by atoms with Crippen LogP contribution < -0.4 is 5.73 Å². The highest BCUT2D eigenvalue weighted by Gasteiger charge is 2.03. The van der Waals surface area contributed by atoms with Crippen LogP contribution in [0.5, 0.6) is 0 Å². The lowest BCUT2D eigenvalue weighted by molar-refractivity contribution is 1.43. The second-order valence-corrected chi connectivity index (χ2v) is 3.59. The number of aromatic nitrogens is 1. The first kappa shape index (κ1) is 8.19. The molecule has 0 atom stereocenters. The van der Waals surface area contributed by atoms with Gasteiger partial charge in [0, 0.05) is 5.39 Å². The molecule has 4 heteroatoms. The van der Waals surface area contributed by atoms with Crippen molar-refractivity contribution in [1.29, 1.82) is 0 Å². The average molecular weight is 191 g/mol. The van der Waals surface area contributed by atoms with E-state index in [0.29, 0.717) is 5.82 Å². The summed E-state index contributed by atoms with van der Waals surface area (Å²) in [5, 5.41) is 1.08. The Morgan fingerprint density at radius 2 is 2.38 bits per heavy atom. The van der Waals surface area contributed by atoms with Crippen molar-refractivity contribution in [2.45, 2.75) is 6.92 Å². The van der Waals surface area contributed by atoms with Crippen molar-refractivity contribution in [3.8, 4) is 0 Å². The fourth-order valence-electron chi connectivity index (χ4n) is 1.20. The van der Waals surface area contributed by atoms with Crippen molar-refractivity contribution < 1.29 is 0 Å². The predicted octanol–water partition coefficient (Wildman–Crippen LogP) is 2.22. The lowest BCUT2D eigenvalue weighted by atomic mass is 10.2. The molecule has 0 spiro atoms. The normalized spacial score (nSPS) is 11.5. The van der Waals surface area contributed by atoms with Crippen LogP contribution in [0, 0.1) is 6.92 Å². The van der Waals surface area contributed by atoms with Crippen LogP contribution in [0.4, 0.5) is 5.82 Å². The standard InChI is InChI=1S/C9H9N3S/c1-6-2-3-8-7(4-6)9(11-5-10)12-13-8/h2-5H,1H3,(H2,10,11,12). The van der Waals surface area contributed by atoms with Gasteiger partial charge in [-0.25, -0.2) is 4.99 Å². The highest BCUT2D eigenvalue weighted by atomic mass is 32.1. The third-order valence-corrected chi connectivity index (χ3v) is 2.62. The number of nitrogens with zero attached hydrogens (tertiary/aromatic N) is 2. The quantitative estimate of drug-likeness (QED) is 0.555. The van der Waals surface area contributed by atoms with E-state index in [2.05, 4.69) is 27.6 Å². The molecule has 0 radical (unpaired) electrons. The fourth-order valence-corrected chi connectivity index (χ4v) is 1.91. The number of rotatable bonds is 1. The molecule has 0 amide bonds. The first-order chi connectivity index (χ1) is 6.31. The van der Waals surface area contributed by atoms with E-state index >= 15 is 0 Å². The summed E-state index contributed by atoms with van der Waals surface area (Å²) in [5.74, 6) is 0.714. The maximum Gasteiger partial charge on any atom is 0.174 e. The Bertz CT molecular complexity index is 459. The SMILES string of the molecule is Cc1ccc2snc(N=CN)c2c1. The minimum absolute atomic E-state index is 0.714. The molecule has 13 heavy (non-hydrogen) atoms. The van der Waals surface area contributed by atoms with E-state index < -0.39 is 0 Å². The molecule has 0 saturated carbocycles. The minimum atomic E-state index is 0.714. The smallest absolute Gasteiger partial charge is 0.174 e. The number of benzene rings is 1. The fraction of sp³-hybridized carbons (Fsp3) is 0.111. The molecule has 2 rings (SSSR count). The second-order valence-electron chi connectivity index (χ2n) is 2.78. The molecule has 0 bridgehead atoms. The van der Waals surface area contributed by atoms with Gasteiger partial charge in [-0.2, -0.15) is 4.37 Å². The summed E-state index contributed by atoms with van der Waals surface area (Å²) in [6.07, 6.45) is 1.27. The largest absolute Gasteiger partial charge is 0.390 e. The van der Waals surface area contributed by atoms with Crippen LogP contribution in [0.25, 0.3) is 10.1 Å². The maximum absolute atomic E-state index is 5.22. The van der Waals surface area contributed by atoms with Crippen LogP contribution >= 0.6 is 11.5 Å². The van der Waals surface area contributed by atoms with Crippen molar-refractivity contribution in [3.05, 3.63) is 23.8 Å². The molecule has 2 aromatic rings. The van der Waals surface area contributed by atoms with Crippen molar-refractivity contribution in [2.24, 2.45) is 10.7 Å². The van der Waals surface area contributed by atoms with Gasteiger partial charge in [0.05, 0.1) is 11.0 Å². The number of hydrogen-bond acceptors (Lipinski definition) is 3. The Hall–Kier alpha value is -1.42. The van der Waals surface area contributed by atoms with Gasteiger partial charge >= 0.3 is 0 Å². The Balaban J connectivity index is 2.71. The van der Waals surface area contributed by atoms with Gasteiger partial charge in [-0.15, -0.1) is 0 Å². The van der Waals surface area contributed by atoms with Gasteiger partial charge in [-0.1, -0.05) is 11.6 Å². The molecule has 0 saturated heterocycles. The van der Waals surface area contributed by atoms with E-state index in [1.165, 1.54) is 23.4 Å². The molecular weight excluding hydrogens is 182 g/mol. The molecule has 0 aliphatic carbocycles. The van der Waals surface area contributed by atoms with Crippen molar-refractivity contribution in [1.82, 2.24) is 4.37 Å². The Morgan fingerprint density at radius 3 is 3.15 bits per heavy atom. The summed E-state index contributed by atoms with van der Waals surface area (Å²) in [6.45, 7) is 2.05. The number of aliphatic imine (C=N–C) groups is 1. The zero-order valence-corrected chi connectivity index (χ0v) is 8.01. The molecule has 66 valence electrons. The van der Waals surface area contributed by atoms with Gasteiger partial charge < -0.3 is 5.73 Å². The highest BCUT2D eigenvalue weighted by Crippen LogP contribution is 2.28. The van der Waals surface area contributed by atoms with Gasteiger partial charge in [-0.3, -0.25) is 0 Å². The van der Waals surface area contributed by atoms with Crippen molar-refractivity contribution in [3.63, 3.8) is 0 Å². The van der Waals surface area contributed by atoms with Gasteiger partial charge in [-0.05, 0) is 30.6 Å². The molecule has 0 fully saturated rings. The van der Waals surface area contributed by atoms with Crippen LogP contribution in [0.15, 0.2) is 23.2 Å². The summed E-state index contributed by atoms with van der Waals surface area (Å²) in [6, 6.07) is 6.19. The maximum atomic E-state index is 5.22. The average Bonchev–Trinajstić information content (AvgIpc) is 2.49. The Morgan fingerprint density at radius 1 is 1.54 bits per heavy atom. The lowest BCUT2D eigenvalue weighted by Gasteiger charge is -1.91. The molecule has 0 aliphatic heterocycles. The summed E-state index contributed by atoms with van der Waals surface area (Å²) >= 11 is 1.44. The topological polar surface area (TPSA) is 51.3 Å². The first-order valence-corrected chi connectivity index (χ1v) is 4.69. The summed E-state index contributed by atoms with van der Waals surface area (Å²) in [4.78, 5) is 3.99.